The summed E-state index contributed by atoms with van der Waals surface area (Å²) in [5, 5.41) is 11.1. The van der Waals surface area contributed by atoms with E-state index in [0.29, 0.717) is 19.3 Å². The molecule has 1 fully saturated rings. The number of methoxy groups -OCH3 is 1. The summed E-state index contributed by atoms with van der Waals surface area (Å²) in [6.45, 7) is 0. The number of ether oxygens (including phenoxy) is 1. The Balaban J connectivity index is 2.39. The number of nitrogens with one attached hydrogen (secondary N) is 1. The van der Waals surface area contributed by atoms with E-state index in [-0.39, 0.29) is 11.8 Å². The Kier molecular flexibility index (Phi) is 4.77. The largest absolute Gasteiger partial charge is 0.467 e. The van der Waals surface area contributed by atoms with Crippen molar-refractivity contribution in [2.75, 3.05) is 7.11 Å². The van der Waals surface area contributed by atoms with E-state index in [4.69, 9.17) is 5.26 Å². The topological polar surface area (TPSA) is 79.2 Å². The number of carbonyl (C=O) groups is 2. The van der Waals surface area contributed by atoms with Crippen LogP contribution in [0.15, 0.2) is 0 Å². The van der Waals surface area contributed by atoms with Crippen molar-refractivity contribution in [3.05, 3.63) is 0 Å². The number of carbonyl (C=O) groups excluding carboxylic acids is 2. The summed E-state index contributed by atoms with van der Waals surface area (Å²) in [5.41, 5.74) is 0. The normalized spacial score (nSPS) is 16.0. The molecule has 1 rings (SSSR count). The van der Waals surface area contributed by atoms with Crippen molar-refractivity contribution in [1.82, 2.24) is 5.32 Å². The molecule has 0 radical (unpaired) electrons. The van der Waals surface area contributed by atoms with E-state index < -0.39 is 12.0 Å². The van der Waals surface area contributed by atoms with Crippen LogP contribution in [-0.2, 0) is 14.3 Å². The Morgan fingerprint density at radius 1 is 1.56 bits per heavy atom. The Hall–Kier alpha value is -1.57. The van der Waals surface area contributed by atoms with Gasteiger partial charge in [-0.1, -0.05) is 0 Å². The maximum atomic E-state index is 11.5. The van der Waals surface area contributed by atoms with E-state index in [1.54, 1.807) is 0 Å². The molecule has 1 aliphatic rings. The van der Waals surface area contributed by atoms with Gasteiger partial charge in [-0.15, -0.1) is 0 Å². The number of nitrogens with zero attached hydrogens (tertiary/aromatic N) is 1. The van der Waals surface area contributed by atoms with E-state index in [1.165, 1.54) is 7.11 Å². The van der Waals surface area contributed by atoms with Gasteiger partial charge in [0.05, 0.1) is 13.2 Å². The van der Waals surface area contributed by atoms with Gasteiger partial charge in [0, 0.05) is 12.3 Å². The van der Waals surface area contributed by atoms with Gasteiger partial charge in [-0.3, -0.25) is 4.79 Å². The molecule has 16 heavy (non-hydrogen) atoms. The van der Waals surface area contributed by atoms with Gasteiger partial charge < -0.3 is 10.1 Å². The minimum absolute atomic E-state index is 0.0723. The van der Waals surface area contributed by atoms with Crippen LogP contribution < -0.4 is 5.32 Å². The molecule has 1 aliphatic carbocycles. The van der Waals surface area contributed by atoms with E-state index in [1.807, 2.05) is 6.07 Å². The van der Waals surface area contributed by atoms with Gasteiger partial charge in [-0.05, 0) is 25.7 Å². The first-order valence-electron chi connectivity index (χ1n) is 5.44. The van der Waals surface area contributed by atoms with Crippen LogP contribution in [0.4, 0.5) is 0 Å². The number of rotatable bonds is 6. The summed E-state index contributed by atoms with van der Waals surface area (Å²) in [4.78, 5) is 22.8. The SMILES string of the molecule is COC(=O)[C@H](CCCC#N)NC(=O)C1CC1. The second-order valence-corrected chi connectivity index (χ2v) is 3.91. The maximum Gasteiger partial charge on any atom is 0.328 e. The van der Waals surface area contributed by atoms with Gasteiger partial charge in [0.2, 0.25) is 5.91 Å². The summed E-state index contributed by atoms with van der Waals surface area (Å²) in [6.07, 6.45) is 3.22. The lowest BCUT2D eigenvalue weighted by Crippen LogP contribution is -2.42. The molecule has 1 N–H and O–H groups in total. The number of unbranched alkanes of at least 4 members (excludes halogenated alkanes) is 1. The molecule has 5 heteroatoms. The van der Waals surface area contributed by atoms with Gasteiger partial charge in [-0.25, -0.2) is 4.79 Å². The van der Waals surface area contributed by atoms with Crippen molar-refractivity contribution in [3.63, 3.8) is 0 Å². The number of nitriles is 1. The third kappa shape index (κ3) is 3.89. The third-order valence-electron chi connectivity index (χ3n) is 2.53. The van der Waals surface area contributed by atoms with Crippen LogP contribution in [0.3, 0.4) is 0 Å². The fourth-order valence-corrected chi connectivity index (χ4v) is 1.41. The average molecular weight is 224 g/mol. The summed E-state index contributed by atoms with van der Waals surface area (Å²) in [5.74, 6) is -0.442. The molecule has 0 spiro atoms. The number of hydrogen-bond donors (Lipinski definition) is 1. The minimum atomic E-state index is -0.605. The molecule has 1 atom stereocenters. The summed E-state index contributed by atoms with van der Waals surface area (Å²) in [7, 11) is 1.29. The van der Waals surface area contributed by atoms with Gasteiger partial charge in [0.25, 0.3) is 0 Å². The van der Waals surface area contributed by atoms with E-state index >= 15 is 0 Å². The van der Waals surface area contributed by atoms with Crippen LogP contribution in [0.25, 0.3) is 0 Å². The van der Waals surface area contributed by atoms with Crippen molar-refractivity contribution < 1.29 is 14.3 Å². The van der Waals surface area contributed by atoms with Crippen LogP contribution in [0.1, 0.15) is 32.1 Å². The predicted octanol–water partition coefficient (Wildman–Crippen LogP) is 0.748. The first-order chi connectivity index (χ1) is 7.69. The summed E-state index contributed by atoms with van der Waals surface area (Å²) < 4.78 is 4.61. The van der Waals surface area contributed by atoms with E-state index in [9.17, 15) is 9.59 Å². The highest BCUT2D eigenvalue weighted by atomic mass is 16.5. The Morgan fingerprint density at radius 2 is 2.25 bits per heavy atom. The fourth-order valence-electron chi connectivity index (χ4n) is 1.41. The highest BCUT2D eigenvalue weighted by Crippen LogP contribution is 2.29. The second kappa shape index (κ2) is 6.11. The van der Waals surface area contributed by atoms with Crippen LogP contribution in [0.5, 0.6) is 0 Å². The Morgan fingerprint density at radius 3 is 2.75 bits per heavy atom. The van der Waals surface area contributed by atoms with Gasteiger partial charge >= 0.3 is 5.97 Å². The van der Waals surface area contributed by atoms with Crippen LogP contribution >= 0.6 is 0 Å². The first-order valence-corrected chi connectivity index (χ1v) is 5.44. The molecular weight excluding hydrogens is 208 g/mol. The van der Waals surface area contributed by atoms with Crippen LogP contribution in [0, 0.1) is 17.2 Å². The van der Waals surface area contributed by atoms with E-state index in [2.05, 4.69) is 10.1 Å². The van der Waals surface area contributed by atoms with Gasteiger partial charge in [-0.2, -0.15) is 5.26 Å². The molecule has 0 heterocycles. The molecule has 0 aliphatic heterocycles. The Labute approximate surface area is 94.8 Å². The summed E-state index contributed by atoms with van der Waals surface area (Å²) in [6, 6.07) is 1.40. The van der Waals surface area contributed by atoms with Crippen molar-refractivity contribution in [2.45, 2.75) is 38.1 Å². The fraction of sp³-hybridized carbons (Fsp3) is 0.727. The third-order valence-corrected chi connectivity index (χ3v) is 2.53. The number of amides is 1. The van der Waals surface area contributed by atoms with Gasteiger partial charge in [0.1, 0.15) is 6.04 Å². The zero-order valence-corrected chi connectivity index (χ0v) is 9.36. The predicted molar refractivity (Wildman–Crippen MR) is 56.1 cm³/mol. The van der Waals surface area contributed by atoms with Crippen molar-refractivity contribution in [1.29, 1.82) is 5.26 Å². The first kappa shape index (κ1) is 12.5. The quantitative estimate of drug-likeness (QED) is 0.533. The highest BCUT2D eigenvalue weighted by molar-refractivity contribution is 5.86. The Bertz CT molecular complexity index is 305. The molecule has 0 bridgehead atoms. The smallest absolute Gasteiger partial charge is 0.328 e. The van der Waals surface area contributed by atoms with Crippen LogP contribution in [0.2, 0.25) is 0 Å². The molecule has 1 amide bonds. The molecule has 5 nitrogen and oxygen atoms in total. The van der Waals surface area contributed by atoms with Crippen molar-refractivity contribution in [2.24, 2.45) is 5.92 Å². The van der Waals surface area contributed by atoms with Crippen molar-refractivity contribution in [3.8, 4) is 6.07 Å². The minimum Gasteiger partial charge on any atom is -0.467 e. The molecule has 0 saturated heterocycles. The second-order valence-electron chi connectivity index (χ2n) is 3.91. The molecule has 0 aromatic heterocycles. The molecule has 1 saturated carbocycles. The lowest BCUT2D eigenvalue weighted by atomic mass is 10.1. The zero-order chi connectivity index (χ0) is 12.0. The molecular formula is C11H16N2O3. The number of hydrogen-bond acceptors (Lipinski definition) is 4. The lowest BCUT2D eigenvalue weighted by molar-refractivity contribution is -0.145. The monoisotopic (exact) mass is 224 g/mol. The number of esters is 1. The molecule has 88 valence electrons. The zero-order valence-electron chi connectivity index (χ0n) is 9.36. The maximum absolute atomic E-state index is 11.5. The van der Waals surface area contributed by atoms with Gasteiger partial charge in [0.15, 0.2) is 0 Å². The molecule has 0 unspecified atom stereocenters. The lowest BCUT2D eigenvalue weighted by Gasteiger charge is -2.15. The summed E-state index contributed by atoms with van der Waals surface area (Å²) >= 11 is 0. The molecule has 0 aromatic rings. The standard InChI is InChI=1S/C11H16N2O3/c1-16-11(15)9(4-2-3-7-12)13-10(14)8-5-6-8/h8-9H,2-6H2,1H3,(H,13,14)/t9-/m0/s1. The highest BCUT2D eigenvalue weighted by Gasteiger charge is 2.32. The average Bonchev–Trinajstić information content (AvgIpc) is 3.10. The van der Waals surface area contributed by atoms with E-state index in [0.717, 1.165) is 12.8 Å². The van der Waals surface area contributed by atoms with Crippen molar-refractivity contribution >= 4 is 11.9 Å². The van der Waals surface area contributed by atoms with Crippen LogP contribution in [-0.4, -0.2) is 25.0 Å². The molecule has 0 aromatic carbocycles.